The summed E-state index contributed by atoms with van der Waals surface area (Å²) in [4.78, 5) is 16.9. The number of thioether (sulfide) groups is 1. The summed E-state index contributed by atoms with van der Waals surface area (Å²) in [5.74, 6) is -2.37. The van der Waals surface area contributed by atoms with Crippen molar-refractivity contribution in [3.05, 3.63) is 77.3 Å². The van der Waals surface area contributed by atoms with E-state index in [1.165, 1.54) is 18.5 Å². The van der Waals surface area contributed by atoms with Crippen LogP contribution in [0.1, 0.15) is 23.0 Å². The SMILES string of the molecule is C=C(S/C(=C\C)NC(=O)c1c(F)cccc1F)c1cc(-c2ncco2)nn1C. The van der Waals surface area contributed by atoms with Crippen molar-refractivity contribution in [2.75, 3.05) is 0 Å². The Kier molecular flexibility index (Phi) is 5.74. The van der Waals surface area contributed by atoms with Gasteiger partial charge in [-0.1, -0.05) is 30.5 Å². The number of rotatable bonds is 6. The van der Waals surface area contributed by atoms with Gasteiger partial charge in [0, 0.05) is 12.0 Å². The fourth-order valence-electron chi connectivity index (χ4n) is 2.41. The third-order valence-corrected chi connectivity index (χ3v) is 4.75. The highest BCUT2D eigenvalue weighted by Crippen LogP contribution is 2.32. The summed E-state index contributed by atoms with van der Waals surface area (Å²) in [6.07, 6.45) is 4.57. The second-order valence-corrected chi connectivity index (χ2v) is 6.74. The highest BCUT2D eigenvalue weighted by atomic mass is 32.2. The van der Waals surface area contributed by atoms with Crippen LogP contribution in [0.4, 0.5) is 8.78 Å². The van der Waals surface area contributed by atoms with Crippen molar-refractivity contribution in [2.24, 2.45) is 7.05 Å². The predicted octanol–water partition coefficient (Wildman–Crippen LogP) is 4.35. The molecule has 3 rings (SSSR count). The number of carbonyl (C=O) groups excluding carboxylic acids is 1. The minimum atomic E-state index is -0.931. The zero-order chi connectivity index (χ0) is 20.3. The zero-order valence-electron chi connectivity index (χ0n) is 15.1. The smallest absolute Gasteiger partial charge is 0.262 e. The van der Waals surface area contributed by atoms with Gasteiger partial charge in [0.2, 0.25) is 5.89 Å². The van der Waals surface area contributed by atoms with Crippen LogP contribution in [-0.2, 0) is 7.05 Å². The Morgan fingerprint density at radius 1 is 1.36 bits per heavy atom. The molecule has 0 radical (unpaired) electrons. The largest absolute Gasteiger partial charge is 0.443 e. The Balaban J connectivity index is 1.75. The number of aromatic nitrogens is 3. The van der Waals surface area contributed by atoms with E-state index < -0.39 is 23.1 Å². The molecular weight excluding hydrogens is 386 g/mol. The van der Waals surface area contributed by atoms with E-state index in [1.807, 2.05) is 0 Å². The third-order valence-electron chi connectivity index (χ3n) is 3.74. The number of halogens is 2. The average molecular weight is 402 g/mol. The Labute approximate surface area is 164 Å². The minimum Gasteiger partial charge on any atom is -0.443 e. The van der Waals surface area contributed by atoms with E-state index in [9.17, 15) is 13.6 Å². The fraction of sp³-hybridized carbons (Fsp3) is 0.105. The molecule has 0 unspecified atom stereocenters. The van der Waals surface area contributed by atoms with Crippen LogP contribution in [0.15, 0.2) is 58.8 Å². The highest BCUT2D eigenvalue weighted by Gasteiger charge is 2.19. The van der Waals surface area contributed by atoms with Gasteiger partial charge in [0.1, 0.15) is 29.2 Å². The van der Waals surface area contributed by atoms with E-state index in [0.717, 1.165) is 23.9 Å². The molecule has 0 aliphatic rings. The first-order chi connectivity index (χ1) is 13.4. The van der Waals surface area contributed by atoms with Crippen molar-refractivity contribution in [3.63, 3.8) is 0 Å². The molecule has 0 fully saturated rings. The van der Waals surface area contributed by atoms with Gasteiger partial charge in [-0.3, -0.25) is 9.48 Å². The first kappa shape index (κ1) is 19.6. The highest BCUT2D eigenvalue weighted by molar-refractivity contribution is 8.11. The number of oxazole rings is 1. The standard InChI is InChI=1S/C19H16F2N4O2S/c1-4-16(23-18(26)17-12(20)6-5-7-13(17)21)28-11(2)15-10-14(24-25(15)3)19-22-8-9-27-19/h4-10H,2H2,1,3H3,(H,23,26)/b16-4-. The number of benzene rings is 1. The lowest BCUT2D eigenvalue weighted by molar-refractivity contribution is 0.0960. The number of allylic oxidation sites excluding steroid dienone is 1. The number of nitrogens with one attached hydrogen (secondary N) is 1. The Hall–Kier alpha value is -3.20. The second kappa shape index (κ2) is 8.22. The quantitative estimate of drug-likeness (QED) is 0.664. The van der Waals surface area contributed by atoms with Crippen LogP contribution < -0.4 is 5.32 Å². The van der Waals surface area contributed by atoms with Crippen molar-refractivity contribution < 1.29 is 18.0 Å². The van der Waals surface area contributed by atoms with Gasteiger partial charge in [-0.05, 0) is 25.1 Å². The van der Waals surface area contributed by atoms with E-state index in [2.05, 4.69) is 22.0 Å². The number of hydrogen-bond donors (Lipinski definition) is 1. The zero-order valence-corrected chi connectivity index (χ0v) is 15.9. The Morgan fingerprint density at radius 2 is 2.07 bits per heavy atom. The Bertz CT molecular complexity index is 1040. The van der Waals surface area contributed by atoms with E-state index in [-0.39, 0.29) is 0 Å². The number of hydrogen-bond acceptors (Lipinski definition) is 5. The topological polar surface area (TPSA) is 73.0 Å². The monoisotopic (exact) mass is 402 g/mol. The number of carbonyl (C=O) groups is 1. The van der Waals surface area contributed by atoms with Crippen molar-refractivity contribution >= 4 is 22.6 Å². The normalized spacial score (nSPS) is 11.5. The fourth-order valence-corrected chi connectivity index (χ4v) is 3.24. The summed E-state index contributed by atoms with van der Waals surface area (Å²) in [6, 6.07) is 4.99. The van der Waals surface area contributed by atoms with Gasteiger partial charge < -0.3 is 9.73 Å². The van der Waals surface area contributed by atoms with Gasteiger partial charge in [-0.2, -0.15) is 5.10 Å². The molecule has 0 saturated heterocycles. The summed E-state index contributed by atoms with van der Waals surface area (Å²) in [7, 11) is 1.73. The molecule has 0 saturated carbocycles. The second-order valence-electron chi connectivity index (χ2n) is 5.60. The van der Waals surface area contributed by atoms with Crippen LogP contribution in [0.5, 0.6) is 0 Å². The van der Waals surface area contributed by atoms with Gasteiger partial charge in [-0.15, -0.1) is 0 Å². The van der Waals surface area contributed by atoms with Crippen LogP contribution in [-0.4, -0.2) is 20.7 Å². The van der Waals surface area contributed by atoms with Crippen LogP contribution in [0.3, 0.4) is 0 Å². The molecule has 0 bridgehead atoms. The molecule has 0 atom stereocenters. The van der Waals surface area contributed by atoms with Crippen molar-refractivity contribution in [1.82, 2.24) is 20.1 Å². The lowest BCUT2D eigenvalue weighted by Crippen LogP contribution is -2.23. The van der Waals surface area contributed by atoms with Crippen LogP contribution in [0.25, 0.3) is 16.5 Å². The van der Waals surface area contributed by atoms with E-state index in [4.69, 9.17) is 4.42 Å². The van der Waals surface area contributed by atoms with Gasteiger partial charge >= 0.3 is 0 Å². The van der Waals surface area contributed by atoms with Crippen molar-refractivity contribution in [2.45, 2.75) is 6.92 Å². The average Bonchev–Trinajstić information content (AvgIpc) is 3.30. The predicted molar refractivity (Wildman–Crippen MR) is 103 cm³/mol. The molecule has 1 aromatic carbocycles. The van der Waals surface area contributed by atoms with E-state index >= 15 is 0 Å². The molecule has 0 aliphatic heterocycles. The maximum atomic E-state index is 13.8. The summed E-state index contributed by atoms with van der Waals surface area (Å²) >= 11 is 1.14. The first-order valence-electron chi connectivity index (χ1n) is 8.13. The summed E-state index contributed by atoms with van der Waals surface area (Å²) in [5, 5.41) is 7.19. The van der Waals surface area contributed by atoms with E-state index in [1.54, 1.807) is 30.8 Å². The molecule has 3 aromatic rings. The Morgan fingerprint density at radius 3 is 2.68 bits per heavy atom. The van der Waals surface area contributed by atoms with Crippen molar-refractivity contribution in [1.29, 1.82) is 0 Å². The third kappa shape index (κ3) is 4.04. The molecular formula is C19H16F2N4O2S. The molecule has 28 heavy (non-hydrogen) atoms. The van der Waals surface area contributed by atoms with Crippen LogP contribution >= 0.6 is 11.8 Å². The molecule has 2 heterocycles. The summed E-state index contributed by atoms with van der Waals surface area (Å²) in [6.45, 7) is 5.68. The first-order valence-corrected chi connectivity index (χ1v) is 8.95. The van der Waals surface area contributed by atoms with Gasteiger partial charge in [-0.25, -0.2) is 13.8 Å². The van der Waals surface area contributed by atoms with Gasteiger partial charge in [0.15, 0.2) is 0 Å². The maximum Gasteiger partial charge on any atom is 0.262 e. The maximum absolute atomic E-state index is 13.8. The lowest BCUT2D eigenvalue weighted by Gasteiger charge is -2.12. The molecule has 2 aromatic heterocycles. The molecule has 1 amide bonds. The number of nitrogens with zero attached hydrogens (tertiary/aromatic N) is 3. The molecule has 0 aliphatic carbocycles. The molecule has 9 heteroatoms. The van der Waals surface area contributed by atoms with Gasteiger partial charge in [0.05, 0.1) is 16.9 Å². The summed E-state index contributed by atoms with van der Waals surface area (Å²) in [5.41, 5.74) is 0.562. The number of aryl methyl sites for hydroxylation is 1. The van der Waals surface area contributed by atoms with Crippen LogP contribution in [0.2, 0.25) is 0 Å². The van der Waals surface area contributed by atoms with Crippen molar-refractivity contribution in [3.8, 4) is 11.6 Å². The lowest BCUT2D eigenvalue weighted by atomic mass is 10.2. The van der Waals surface area contributed by atoms with Crippen LogP contribution in [0, 0.1) is 11.6 Å². The molecule has 1 N–H and O–H groups in total. The molecule has 6 nitrogen and oxygen atoms in total. The van der Waals surface area contributed by atoms with E-state index in [0.29, 0.717) is 27.2 Å². The van der Waals surface area contributed by atoms with Gasteiger partial charge in [0.25, 0.3) is 5.91 Å². The minimum absolute atomic E-state index is 0.370. The molecule has 144 valence electrons. The number of amides is 1. The molecule has 0 spiro atoms. The summed E-state index contributed by atoms with van der Waals surface area (Å²) < 4.78 is 34.4.